The third-order valence-electron chi connectivity index (χ3n) is 4.39. The first kappa shape index (κ1) is 16.7. The van der Waals surface area contributed by atoms with Crippen LogP contribution in [0.3, 0.4) is 0 Å². The molecular weight excluding hydrogens is 346 g/mol. The van der Waals surface area contributed by atoms with Crippen molar-refractivity contribution in [1.82, 2.24) is 14.5 Å². The molecule has 4 aromatic rings. The van der Waals surface area contributed by atoms with Crippen molar-refractivity contribution in [3.05, 3.63) is 60.3 Å². The summed E-state index contributed by atoms with van der Waals surface area (Å²) < 4.78 is 2.22. The molecule has 0 bridgehead atoms. The van der Waals surface area contributed by atoms with Gasteiger partial charge in [0.2, 0.25) is 0 Å². The molecule has 0 aliphatic carbocycles. The summed E-state index contributed by atoms with van der Waals surface area (Å²) in [6, 6.07) is 16.4. The molecule has 2 heterocycles. The number of H-pyrrole nitrogens is 1. The van der Waals surface area contributed by atoms with Crippen molar-refractivity contribution in [1.29, 1.82) is 0 Å². The lowest BCUT2D eigenvalue weighted by molar-refractivity contribution is -0.137. The number of thioether (sulfide) groups is 1. The number of carboxylic acid groups (broad SMARTS) is 1. The average Bonchev–Trinajstić information content (AvgIpc) is 3.21. The van der Waals surface area contributed by atoms with Crippen molar-refractivity contribution in [3.63, 3.8) is 0 Å². The van der Waals surface area contributed by atoms with Crippen LogP contribution in [0.1, 0.15) is 18.4 Å². The van der Waals surface area contributed by atoms with Gasteiger partial charge in [0.05, 0.1) is 17.6 Å². The highest BCUT2D eigenvalue weighted by Crippen LogP contribution is 2.27. The fraction of sp³-hybridized carbons (Fsp3) is 0.200. The van der Waals surface area contributed by atoms with Gasteiger partial charge in [0.25, 0.3) is 0 Å². The molecule has 0 amide bonds. The van der Waals surface area contributed by atoms with Crippen LogP contribution < -0.4 is 0 Å². The monoisotopic (exact) mass is 365 g/mol. The molecule has 26 heavy (non-hydrogen) atoms. The molecule has 132 valence electrons. The Morgan fingerprint density at radius 2 is 1.96 bits per heavy atom. The summed E-state index contributed by atoms with van der Waals surface area (Å²) in [5.74, 6) is -0.0124. The largest absolute Gasteiger partial charge is 0.481 e. The zero-order chi connectivity index (χ0) is 17.9. The lowest BCUT2D eigenvalue weighted by Crippen LogP contribution is -2.02. The summed E-state index contributed by atoms with van der Waals surface area (Å²) in [5.41, 5.74) is 4.41. The van der Waals surface area contributed by atoms with E-state index in [0.29, 0.717) is 6.42 Å². The minimum Gasteiger partial charge on any atom is -0.481 e. The van der Waals surface area contributed by atoms with Crippen LogP contribution in [-0.4, -0.2) is 31.4 Å². The van der Waals surface area contributed by atoms with E-state index in [1.54, 1.807) is 11.8 Å². The average molecular weight is 365 g/mol. The number of fused-ring (bicyclic) bond motifs is 2. The van der Waals surface area contributed by atoms with Gasteiger partial charge in [0.15, 0.2) is 5.16 Å². The van der Waals surface area contributed by atoms with E-state index in [1.807, 2.05) is 30.3 Å². The molecule has 2 aromatic heterocycles. The van der Waals surface area contributed by atoms with Crippen molar-refractivity contribution in [2.24, 2.45) is 0 Å². The molecule has 2 N–H and O–H groups in total. The van der Waals surface area contributed by atoms with E-state index < -0.39 is 5.97 Å². The molecule has 0 saturated heterocycles. The van der Waals surface area contributed by atoms with Gasteiger partial charge in [-0.2, -0.15) is 0 Å². The number of nitrogens with one attached hydrogen (secondary N) is 1. The molecule has 0 radical (unpaired) electrons. The summed E-state index contributed by atoms with van der Waals surface area (Å²) in [7, 11) is 0. The highest BCUT2D eigenvalue weighted by Gasteiger charge is 2.13. The SMILES string of the molecule is O=C(O)CCCSc1nc2ccccc2n1Cc1c[nH]c2ccccc12. The van der Waals surface area contributed by atoms with Gasteiger partial charge >= 0.3 is 5.97 Å². The number of nitrogens with zero attached hydrogens (tertiary/aromatic N) is 2. The van der Waals surface area contributed by atoms with Gasteiger partial charge in [0.1, 0.15) is 0 Å². The predicted octanol–water partition coefficient (Wildman–Crippen LogP) is 4.52. The van der Waals surface area contributed by atoms with Gasteiger partial charge in [-0.05, 0) is 30.2 Å². The van der Waals surface area contributed by atoms with Crippen LogP contribution in [0.4, 0.5) is 0 Å². The minimum absolute atomic E-state index is 0.190. The number of hydrogen-bond donors (Lipinski definition) is 2. The van der Waals surface area contributed by atoms with Crippen LogP contribution in [0.15, 0.2) is 59.9 Å². The van der Waals surface area contributed by atoms with E-state index in [0.717, 1.165) is 34.0 Å². The number of aromatic nitrogens is 3. The van der Waals surface area contributed by atoms with Crippen LogP contribution in [0.5, 0.6) is 0 Å². The van der Waals surface area contributed by atoms with E-state index >= 15 is 0 Å². The van der Waals surface area contributed by atoms with Crippen LogP contribution in [0.2, 0.25) is 0 Å². The number of para-hydroxylation sites is 3. The van der Waals surface area contributed by atoms with Gasteiger partial charge < -0.3 is 14.7 Å². The van der Waals surface area contributed by atoms with E-state index in [-0.39, 0.29) is 6.42 Å². The Balaban J connectivity index is 1.66. The highest BCUT2D eigenvalue weighted by atomic mass is 32.2. The number of imidazole rings is 1. The van der Waals surface area contributed by atoms with Gasteiger partial charge in [-0.3, -0.25) is 4.79 Å². The Hall–Kier alpha value is -2.73. The fourth-order valence-electron chi connectivity index (χ4n) is 3.14. The molecule has 4 rings (SSSR count). The molecule has 0 fully saturated rings. The zero-order valence-corrected chi connectivity index (χ0v) is 15.0. The second kappa shape index (κ2) is 7.25. The molecule has 0 unspecified atom stereocenters. The predicted molar refractivity (Wildman–Crippen MR) is 105 cm³/mol. The van der Waals surface area contributed by atoms with Crippen molar-refractivity contribution in [2.75, 3.05) is 5.75 Å². The summed E-state index contributed by atoms with van der Waals surface area (Å²) in [6.45, 7) is 0.728. The van der Waals surface area contributed by atoms with E-state index in [4.69, 9.17) is 10.1 Å². The Labute approximate surface area is 155 Å². The number of carbonyl (C=O) groups is 1. The Morgan fingerprint density at radius 1 is 1.15 bits per heavy atom. The third-order valence-corrected chi connectivity index (χ3v) is 5.45. The second-order valence-corrected chi connectivity index (χ2v) is 7.24. The fourth-order valence-corrected chi connectivity index (χ4v) is 4.09. The minimum atomic E-state index is -0.752. The number of hydrogen-bond acceptors (Lipinski definition) is 3. The van der Waals surface area contributed by atoms with Crippen LogP contribution in [0, 0.1) is 0 Å². The van der Waals surface area contributed by atoms with Gasteiger partial charge in [-0.25, -0.2) is 4.98 Å². The Kier molecular flexibility index (Phi) is 4.67. The molecule has 0 spiro atoms. The highest BCUT2D eigenvalue weighted by molar-refractivity contribution is 7.99. The molecule has 0 aliphatic heterocycles. The third kappa shape index (κ3) is 3.32. The summed E-state index contributed by atoms with van der Waals surface area (Å²) in [5, 5.41) is 11.0. The first-order chi connectivity index (χ1) is 12.7. The standard InChI is InChI=1S/C20H19N3O2S/c24-19(25)10-5-11-26-20-22-17-8-3-4-9-18(17)23(20)13-14-12-21-16-7-2-1-6-15(14)16/h1-4,6-9,12,21H,5,10-11,13H2,(H,24,25). The molecule has 2 aromatic carbocycles. The molecule has 0 saturated carbocycles. The second-order valence-electron chi connectivity index (χ2n) is 6.17. The first-order valence-corrected chi connectivity index (χ1v) is 9.56. The van der Waals surface area contributed by atoms with Gasteiger partial charge in [0, 0.05) is 29.3 Å². The maximum absolute atomic E-state index is 10.7. The van der Waals surface area contributed by atoms with Crippen molar-refractivity contribution < 1.29 is 9.90 Å². The maximum Gasteiger partial charge on any atom is 0.303 e. The normalized spacial score (nSPS) is 11.4. The number of aromatic amines is 1. The summed E-state index contributed by atoms with van der Waals surface area (Å²) in [4.78, 5) is 18.8. The molecule has 5 nitrogen and oxygen atoms in total. The zero-order valence-electron chi connectivity index (χ0n) is 14.2. The Bertz CT molecular complexity index is 1070. The van der Waals surface area contributed by atoms with Crippen molar-refractivity contribution in [2.45, 2.75) is 24.5 Å². The number of rotatable bonds is 7. The lowest BCUT2D eigenvalue weighted by Gasteiger charge is -2.08. The lowest BCUT2D eigenvalue weighted by atomic mass is 10.2. The smallest absolute Gasteiger partial charge is 0.303 e. The number of benzene rings is 2. The quantitative estimate of drug-likeness (QED) is 0.373. The molecule has 6 heteroatoms. The number of aliphatic carboxylic acids is 1. The van der Waals surface area contributed by atoms with E-state index in [2.05, 4.69) is 33.9 Å². The van der Waals surface area contributed by atoms with Crippen molar-refractivity contribution >= 4 is 39.7 Å². The van der Waals surface area contributed by atoms with Crippen molar-refractivity contribution in [3.8, 4) is 0 Å². The van der Waals surface area contributed by atoms with Crippen LogP contribution in [-0.2, 0) is 11.3 Å². The van der Waals surface area contributed by atoms with E-state index in [9.17, 15) is 4.79 Å². The summed E-state index contributed by atoms with van der Waals surface area (Å²) >= 11 is 1.62. The van der Waals surface area contributed by atoms with Gasteiger partial charge in [-0.15, -0.1) is 0 Å². The first-order valence-electron chi connectivity index (χ1n) is 8.57. The summed E-state index contributed by atoms with van der Waals surface area (Å²) in [6.07, 6.45) is 2.88. The topological polar surface area (TPSA) is 70.9 Å². The Morgan fingerprint density at radius 3 is 2.85 bits per heavy atom. The molecule has 0 aliphatic rings. The number of carboxylic acids is 1. The van der Waals surface area contributed by atoms with Crippen LogP contribution >= 0.6 is 11.8 Å². The van der Waals surface area contributed by atoms with Crippen LogP contribution in [0.25, 0.3) is 21.9 Å². The maximum atomic E-state index is 10.7. The molecule has 0 atom stereocenters. The van der Waals surface area contributed by atoms with E-state index in [1.165, 1.54) is 10.9 Å². The molecular formula is C20H19N3O2S. The van der Waals surface area contributed by atoms with Gasteiger partial charge in [-0.1, -0.05) is 42.1 Å².